The van der Waals surface area contributed by atoms with Crippen LogP contribution in [0.4, 0.5) is 0 Å². The van der Waals surface area contributed by atoms with E-state index in [1.807, 2.05) is 55.5 Å². The molecule has 5 nitrogen and oxygen atoms in total. The summed E-state index contributed by atoms with van der Waals surface area (Å²) in [7, 11) is 0. The third kappa shape index (κ3) is 4.69. The van der Waals surface area contributed by atoms with Crippen LogP contribution in [0.5, 0.6) is 17.2 Å². The highest BCUT2D eigenvalue weighted by Gasteiger charge is 2.17. The topological polar surface area (TPSA) is 56.8 Å². The van der Waals surface area contributed by atoms with Crippen LogP contribution in [-0.4, -0.2) is 19.1 Å². The Hall–Kier alpha value is -3.18. The van der Waals surface area contributed by atoms with E-state index < -0.39 is 0 Å². The highest BCUT2D eigenvalue weighted by molar-refractivity contribution is 6.31. The number of hydrogen-bond donors (Lipinski definition) is 1. The van der Waals surface area contributed by atoms with Crippen molar-refractivity contribution in [3.05, 3.63) is 88.4 Å². The van der Waals surface area contributed by atoms with E-state index in [2.05, 4.69) is 5.32 Å². The van der Waals surface area contributed by atoms with E-state index in [-0.39, 0.29) is 11.9 Å². The molecule has 0 spiro atoms. The molecule has 6 heteroatoms. The lowest BCUT2D eigenvalue weighted by Crippen LogP contribution is -2.26. The molecule has 154 valence electrons. The second-order valence-corrected chi connectivity index (χ2v) is 7.41. The van der Waals surface area contributed by atoms with Gasteiger partial charge in [0.25, 0.3) is 5.91 Å². The number of carbonyl (C=O) groups excluding carboxylic acids is 1. The quantitative estimate of drug-likeness (QED) is 0.593. The molecule has 1 N–H and O–H groups in total. The molecule has 3 aromatic carbocycles. The number of ether oxygens (including phenoxy) is 3. The molecule has 0 unspecified atom stereocenters. The van der Waals surface area contributed by atoms with E-state index in [1.165, 1.54) is 0 Å². The van der Waals surface area contributed by atoms with Gasteiger partial charge in [-0.15, -0.1) is 0 Å². The minimum absolute atomic E-state index is 0.180. The molecule has 3 aromatic rings. The highest BCUT2D eigenvalue weighted by atomic mass is 35.5. The van der Waals surface area contributed by atoms with Crippen LogP contribution in [-0.2, 0) is 6.61 Å². The van der Waals surface area contributed by atoms with Crippen LogP contribution < -0.4 is 19.5 Å². The number of fused-ring (bicyclic) bond motifs is 1. The molecule has 0 aliphatic carbocycles. The van der Waals surface area contributed by atoms with Gasteiger partial charge in [-0.1, -0.05) is 41.9 Å². The molecule has 0 bridgehead atoms. The van der Waals surface area contributed by atoms with Crippen molar-refractivity contribution in [3.63, 3.8) is 0 Å². The van der Waals surface area contributed by atoms with Gasteiger partial charge in [-0.2, -0.15) is 0 Å². The molecule has 1 aliphatic heterocycles. The summed E-state index contributed by atoms with van der Waals surface area (Å²) in [5.74, 6) is 1.86. The van der Waals surface area contributed by atoms with Crippen molar-refractivity contribution in [1.82, 2.24) is 5.32 Å². The Bertz CT molecular complexity index is 1050. The fraction of sp³-hybridized carbons (Fsp3) is 0.208. The van der Waals surface area contributed by atoms with Crippen LogP contribution in [0.1, 0.15) is 34.5 Å². The minimum atomic E-state index is -0.193. The fourth-order valence-electron chi connectivity index (χ4n) is 3.20. The van der Waals surface area contributed by atoms with E-state index in [0.717, 1.165) is 16.9 Å². The van der Waals surface area contributed by atoms with Crippen LogP contribution in [0.15, 0.2) is 66.7 Å². The van der Waals surface area contributed by atoms with Crippen molar-refractivity contribution in [2.45, 2.75) is 19.6 Å². The fourth-order valence-corrected chi connectivity index (χ4v) is 3.39. The van der Waals surface area contributed by atoms with Crippen LogP contribution in [0, 0.1) is 0 Å². The second kappa shape index (κ2) is 9.09. The van der Waals surface area contributed by atoms with E-state index >= 15 is 0 Å². The normalized spacial score (nSPS) is 13.4. The maximum absolute atomic E-state index is 12.8. The molecule has 4 rings (SSSR count). The van der Waals surface area contributed by atoms with E-state index in [0.29, 0.717) is 41.9 Å². The second-order valence-electron chi connectivity index (χ2n) is 7.01. The smallest absolute Gasteiger partial charge is 0.251 e. The summed E-state index contributed by atoms with van der Waals surface area (Å²) in [6.07, 6.45) is 0. The van der Waals surface area contributed by atoms with Gasteiger partial charge >= 0.3 is 0 Å². The highest BCUT2D eigenvalue weighted by Crippen LogP contribution is 2.32. The lowest BCUT2D eigenvalue weighted by atomic mass is 10.1. The monoisotopic (exact) mass is 423 g/mol. The molecule has 0 radical (unpaired) electrons. The number of benzene rings is 3. The first-order valence-corrected chi connectivity index (χ1v) is 10.1. The van der Waals surface area contributed by atoms with Crippen LogP contribution in [0.3, 0.4) is 0 Å². The van der Waals surface area contributed by atoms with Gasteiger partial charge in [-0.25, -0.2) is 0 Å². The largest absolute Gasteiger partial charge is 0.489 e. The van der Waals surface area contributed by atoms with Gasteiger partial charge in [0.15, 0.2) is 11.5 Å². The molecule has 1 aliphatic rings. The Morgan fingerprint density at radius 3 is 2.67 bits per heavy atom. The number of halogens is 1. The number of hydrogen-bond acceptors (Lipinski definition) is 4. The first kappa shape index (κ1) is 20.1. The average molecular weight is 424 g/mol. The van der Waals surface area contributed by atoms with Gasteiger partial charge in [-0.05, 0) is 48.9 Å². The summed E-state index contributed by atoms with van der Waals surface area (Å²) in [6.45, 7) is 3.34. The molecular formula is C24H22ClNO4. The van der Waals surface area contributed by atoms with Crippen molar-refractivity contribution in [2.75, 3.05) is 13.2 Å². The third-order valence-electron chi connectivity index (χ3n) is 4.86. The molecule has 1 atom stereocenters. The van der Waals surface area contributed by atoms with E-state index in [9.17, 15) is 4.79 Å². The van der Waals surface area contributed by atoms with E-state index in [4.69, 9.17) is 25.8 Å². The predicted molar refractivity (Wildman–Crippen MR) is 116 cm³/mol. The third-order valence-corrected chi connectivity index (χ3v) is 5.23. The van der Waals surface area contributed by atoms with Gasteiger partial charge in [0.1, 0.15) is 25.6 Å². The molecule has 0 saturated heterocycles. The Morgan fingerprint density at radius 2 is 1.83 bits per heavy atom. The zero-order valence-electron chi connectivity index (χ0n) is 16.6. The van der Waals surface area contributed by atoms with Gasteiger partial charge in [-0.3, -0.25) is 4.79 Å². The van der Waals surface area contributed by atoms with Gasteiger partial charge < -0.3 is 19.5 Å². The number of rotatable bonds is 6. The number of amides is 1. The lowest BCUT2D eigenvalue weighted by Gasteiger charge is -2.21. The van der Waals surface area contributed by atoms with Crippen molar-refractivity contribution in [1.29, 1.82) is 0 Å². The van der Waals surface area contributed by atoms with Crippen molar-refractivity contribution in [2.24, 2.45) is 0 Å². The maximum atomic E-state index is 12.8. The zero-order chi connectivity index (χ0) is 20.9. The SMILES string of the molecule is C[C@H](NC(=O)c1cccc(OCc2ccccc2Cl)c1)c1ccc2c(c1)OCCO2. The van der Waals surface area contributed by atoms with E-state index in [1.54, 1.807) is 18.2 Å². The zero-order valence-corrected chi connectivity index (χ0v) is 17.3. The standard InChI is InChI=1S/C24H22ClNO4/c1-16(17-9-10-22-23(14-17)29-12-11-28-22)26-24(27)18-6-4-7-20(13-18)30-15-19-5-2-3-8-21(19)25/h2-10,13-14,16H,11-12,15H2,1H3,(H,26,27)/t16-/m0/s1. The lowest BCUT2D eigenvalue weighted by molar-refractivity contribution is 0.0939. The van der Waals surface area contributed by atoms with Crippen molar-refractivity contribution >= 4 is 17.5 Å². The summed E-state index contributed by atoms with van der Waals surface area (Å²) in [6, 6.07) is 20.1. The first-order valence-electron chi connectivity index (χ1n) is 9.77. The van der Waals surface area contributed by atoms with Crippen LogP contribution in [0.25, 0.3) is 0 Å². The summed E-state index contributed by atoms with van der Waals surface area (Å²) in [4.78, 5) is 12.8. The minimum Gasteiger partial charge on any atom is -0.489 e. The summed E-state index contributed by atoms with van der Waals surface area (Å²) in [5.41, 5.74) is 2.36. The maximum Gasteiger partial charge on any atom is 0.251 e. The molecule has 30 heavy (non-hydrogen) atoms. The summed E-state index contributed by atoms with van der Waals surface area (Å²) in [5, 5.41) is 3.67. The molecule has 1 heterocycles. The Kier molecular flexibility index (Phi) is 6.10. The summed E-state index contributed by atoms with van der Waals surface area (Å²) >= 11 is 6.17. The Morgan fingerprint density at radius 1 is 1.03 bits per heavy atom. The van der Waals surface area contributed by atoms with Crippen LogP contribution >= 0.6 is 11.6 Å². The molecule has 0 saturated carbocycles. The van der Waals surface area contributed by atoms with Gasteiger partial charge in [0.2, 0.25) is 0 Å². The van der Waals surface area contributed by atoms with Crippen LogP contribution in [0.2, 0.25) is 5.02 Å². The molecular weight excluding hydrogens is 402 g/mol. The van der Waals surface area contributed by atoms with Gasteiger partial charge in [0.05, 0.1) is 6.04 Å². The van der Waals surface area contributed by atoms with Crippen molar-refractivity contribution < 1.29 is 19.0 Å². The first-order chi connectivity index (χ1) is 14.6. The predicted octanol–water partition coefficient (Wildman–Crippen LogP) is 5.18. The Labute approximate surface area is 180 Å². The number of carbonyl (C=O) groups is 1. The number of nitrogens with one attached hydrogen (secondary N) is 1. The van der Waals surface area contributed by atoms with Gasteiger partial charge in [0, 0.05) is 16.1 Å². The Balaban J connectivity index is 1.41. The van der Waals surface area contributed by atoms with Crippen molar-refractivity contribution in [3.8, 4) is 17.2 Å². The molecule has 0 aromatic heterocycles. The summed E-state index contributed by atoms with van der Waals surface area (Å²) < 4.78 is 17.0. The average Bonchev–Trinajstić information content (AvgIpc) is 2.78. The molecule has 1 amide bonds. The molecule has 0 fully saturated rings.